The first-order valence-electron chi connectivity index (χ1n) is 7.33. The number of aromatic amines is 1. The van der Waals surface area contributed by atoms with Gasteiger partial charge in [-0.15, -0.1) is 0 Å². The van der Waals surface area contributed by atoms with E-state index in [-0.39, 0.29) is 12.3 Å². The molecule has 0 spiro atoms. The van der Waals surface area contributed by atoms with Gasteiger partial charge in [-0.05, 0) is 23.3 Å². The van der Waals surface area contributed by atoms with Gasteiger partial charge in [-0.1, -0.05) is 6.08 Å². The second kappa shape index (κ2) is 5.21. The molecule has 3 aromatic heterocycles. The van der Waals surface area contributed by atoms with Gasteiger partial charge in [0.05, 0.1) is 17.8 Å². The Kier molecular flexibility index (Phi) is 3.05. The molecule has 0 fully saturated rings. The number of pyridine rings is 2. The Morgan fingerprint density at radius 1 is 1.39 bits per heavy atom. The highest BCUT2D eigenvalue weighted by molar-refractivity contribution is 6.09. The monoisotopic (exact) mass is 303 g/mol. The topological polar surface area (TPSA) is 85.7 Å². The van der Waals surface area contributed by atoms with E-state index in [0.29, 0.717) is 13.1 Å². The zero-order valence-corrected chi connectivity index (χ0v) is 12.3. The van der Waals surface area contributed by atoms with E-state index < -0.39 is 0 Å². The Bertz CT molecular complexity index is 995. The number of carbonyl (C=O) groups excluding carboxylic acids is 1. The van der Waals surface area contributed by atoms with Gasteiger partial charge in [0.25, 0.3) is 0 Å². The standard InChI is InChI=1S/C17H13N5O/c18-5-1-15(23)22-8-4-11(10-22)12-2-6-19-14-9-21-17-13(16(12)14)3-7-20-17/h2-4,6-7,9H,1,8,10H2,(H,20,21). The lowest BCUT2D eigenvalue weighted by atomic mass is 10.0. The van der Waals surface area contributed by atoms with Crippen molar-refractivity contribution in [2.45, 2.75) is 6.42 Å². The lowest BCUT2D eigenvalue weighted by molar-refractivity contribution is -0.128. The molecule has 0 aromatic carbocycles. The first-order valence-corrected chi connectivity index (χ1v) is 7.33. The number of H-pyrrole nitrogens is 1. The molecule has 112 valence electrons. The van der Waals surface area contributed by atoms with Crippen molar-refractivity contribution in [1.29, 1.82) is 5.26 Å². The summed E-state index contributed by atoms with van der Waals surface area (Å²) in [5.41, 5.74) is 3.80. The van der Waals surface area contributed by atoms with Crippen molar-refractivity contribution in [1.82, 2.24) is 19.9 Å². The Balaban J connectivity index is 1.80. The summed E-state index contributed by atoms with van der Waals surface area (Å²) in [6.07, 6.45) is 7.34. The molecule has 6 heteroatoms. The highest BCUT2D eigenvalue weighted by atomic mass is 16.2. The fourth-order valence-electron chi connectivity index (χ4n) is 3.04. The zero-order chi connectivity index (χ0) is 15.8. The summed E-state index contributed by atoms with van der Waals surface area (Å²) in [6, 6.07) is 5.87. The van der Waals surface area contributed by atoms with Crippen molar-refractivity contribution < 1.29 is 4.79 Å². The Morgan fingerprint density at radius 2 is 2.30 bits per heavy atom. The largest absolute Gasteiger partial charge is 0.346 e. The molecular formula is C17H13N5O. The number of aromatic nitrogens is 3. The van der Waals surface area contributed by atoms with E-state index in [9.17, 15) is 4.79 Å². The van der Waals surface area contributed by atoms with E-state index in [1.807, 2.05) is 30.5 Å². The first-order chi connectivity index (χ1) is 11.3. The van der Waals surface area contributed by atoms with Crippen molar-refractivity contribution in [3.05, 3.63) is 42.4 Å². The van der Waals surface area contributed by atoms with Gasteiger partial charge in [-0.2, -0.15) is 5.26 Å². The third-order valence-corrected chi connectivity index (χ3v) is 4.14. The lowest BCUT2D eigenvalue weighted by Gasteiger charge is -2.15. The number of hydrogen-bond acceptors (Lipinski definition) is 4. The van der Waals surface area contributed by atoms with E-state index in [1.54, 1.807) is 17.3 Å². The highest BCUT2D eigenvalue weighted by Crippen LogP contribution is 2.31. The highest BCUT2D eigenvalue weighted by Gasteiger charge is 2.22. The van der Waals surface area contributed by atoms with Crippen LogP contribution in [-0.2, 0) is 4.79 Å². The van der Waals surface area contributed by atoms with Crippen molar-refractivity contribution in [2.75, 3.05) is 13.1 Å². The van der Waals surface area contributed by atoms with Crippen LogP contribution in [0.1, 0.15) is 12.0 Å². The van der Waals surface area contributed by atoms with Crippen molar-refractivity contribution in [3.8, 4) is 6.07 Å². The molecule has 6 nitrogen and oxygen atoms in total. The van der Waals surface area contributed by atoms with Gasteiger partial charge in [0.1, 0.15) is 12.1 Å². The maximum atomic E-state index is 11.9. The first kappa shape index (κ1) is 13.5. The molecule has 1 amide bonds. The fraction of sp³-hybridized carbons (Fsp3) is 0.176. The van der Waals surface area contributed by atoms with Gasteiger partial charge >= 0.3 is 0 Å². The van der Waals surface area contributed by atoms with Gasteiger partial charge in [0, 0.05) is 36.3 Å². The summed E-state index contributed by atoms with van der Waals surface area (Å²) in [5.74, 6) is -0.134. The van der Waals surface area contributed by atoms with Crippen LogP contribution in [0, 0.1) is 11.3 Å². The third kappa shape index (κ3) is 2.14. The van der Waals surface area contributed by atoms with E-state index in [2.05, 4.69) is 15.0 Å². The zero-order valence-electron chi connectivity index (χ0n) is 12.3. The second-order valence-corrected chi connectivity index (χ2v) is 5.46. The molecule has 0 aliphatic carbocycles. The molecule has 23 heavy (non-hydrogen) atoms. The molecule has 0 saturated heterocycles. The summed E-state index contributed by atoms with van der Waals surface area (Å²) in [4.78, 5) is 25.5. The summed E-state index contributed by atoms with van der Waals surface area (Å²) >= 11 is 0. The van der Waals surface area contributed by atoms with Crippen molar-refractivity contribution in [2.24, 2.45) is 0 Å². The molecule has 3 aromatic rings. The smallest absolute Gasteiger partial charge is 0.237 e. The Hall–Kier alpha value is -3.20. The van der Waals surface area contributed by atoms with Crippen LogP contribution in [0.5, 0.6) is 0 Å². The number of nitrogens with one attached hydrogen (secondary N) is 1. The molecule has 1 aliphatic rings. The predicted molar refractivity (Wildman–Crippen MR) is 86.2 cm³/mol. The van der Waals surface area contributed by atoms with Crippen LogP contribution in [0.4, 0.5) is 0 Å². The minimum atomic E-state index is -0.134. The number of rotatable bonds is 2. The van der Waals surface area contributed by atoms with Gasteiger partial charge in [-0.3, -0.25) is 9.78 Å². The van der Waals surface area contributed by atoms with Crippen LogP contribution in [0.25, 0.3) is 27.5 Å². The molecule has 0 atom stereocenters. The molecule has 0 saturated carbocycles. The van der Waals surface area contributed by atoms with E-state index >= 15 is 0 Å². The number of hydrogen-bond donors (Lipinski definition) is 1. The predicted octanol–water partition coefficient (Wildman–Crippen LogP) is 2.25. The minimum absolute atomic E-state index is 0.0792. The fourth-order valence-corrected chi connectivity index (χ4v) is 3.04. The Morgan fingerprint density at radius 3 is 3.17 bits per heavy atom. The maximum absolute atomic E-state index is 11.9. The molecule has 4 rings (SSSR count). The molecule has 4 heterocycles. The normalized spacial score (nSPS) is 14.2. The van der Waals surface area contributed by atoms with Crippen LogP contribution in [0.3, 0.4) is 0 Å². The van der Waals surface area contributed by atoms with Crippen molar-refractivity contribution >= 4 is 33.4 Å². The molecule has 0 bridgehead atoms. The van der Waals surface area contributed by atoms with Crippen LogP contribution in [0.15, 0.2) is 36.8 Å². The second-order valence-electron chi connectivity index (χ2n) is 5.46. The van der Waals surface area contributed by atoms with Gasteiger partial charge in [0.2, 0.25) is 5.91 Å². The molecular weight excluding hydrogens is 290 g/mol. The molecule has 1 N–H and O–H groups in total. The lowest BCUT2D eigenvalue weighted by Crippen LogP contribution is -2.28. The van der Waals surface area contributed by atoms with Gasteiger partial charge in [-0.25, -0.2) is 4.98 Å². The average Bonchev–Trinajstić information content (AvgIpc) is 3.23. The van der Waals surface area contributed by atoms with Crippen LogP contribution >= 0.6 is 0 Å². The number of carbonyl (C=O) groups is 1. The molecule has 0 radical (unpaired) electrons. The van der Waals surface area contributed by atoms with Gasteiger partial charge < -0.3 is 9.88 Å². The molecule has 0 unspecified atom stereocenters. The van der Waals surface area contributed by atoms with Crippen LogP contribution in [0.2, 0.25) is 0 Å². The Labute approximate surface area is 132 Å². The van der Waals surface area contributed by atoms with Crippen molar-refractivity contribution in [3.63, 3.8) is 0 Å². The SMILES string of the molecule is N#CCC(=O)N1CC=C(c2ccnc3cnc4[nH]ccc4c23)C1. The average molecular weight is 303 g/mol. The van der Waals surface area contributed by atoms with Gasteiger partial charge in [0.15, 0.2) is 0 Å². The third-order valence-electron chi connectivity index (χ3n) is 4.14. The summed E-state index contributed by atoms with van der Waals surface area (Å²) < 4.78 is 0. The summed E-state index contributed by atoms with van der Waals surface area (Å²) in [5, 5.41) is 10.7. The van der Waals surface area contributed by atoms with E-state index in [1.165, 1.54) is 0 Å². The van der Waals surface area contributed by atoms with E-state index in [0.717, 1.165) is 33.1 Å². The maximum Gasteiger partial charge on any atom is 0.237 e. The van der Waals surface area contributed by atoms with Crippen LogP contribution in [-0.4, -0.2) is 38.8 Å². The number of fused-ring (bicyclic) bond motifs is 3. The van der Waals surface area contributed by atoms with Crippen LogP contribution < -0.4 is 0 Å². The number of amides is 1. The minimum Gasteiger partial charge on any atom is -0.346 e. The number of nitrogens with zero attached hydrogens (tertiary/aromatic N) is 4. The summed E-state index contributed by atoms with van der Waals surface area (Å²) in [7, 11) is 0. The van der Waals surface area contributed by atoms with E-state index in [4.69, 9.17) is 5.26 Å². The summed E-state index contributed by atoms with van der Waals surface area (Å²) in [6.45, 7) is 1.06. The molecule has 1 aliphatic heterocycles. The number of nitriles is 1. The quantitative estimate of drug-likeness (QED) is 0.786.